The largest absolute Gasteiger partial charge is 0.484 e. The molecule has 0 bridgehead atoms. The first-order chi connectivity index (χ1) is 10.0. The number of carbonyl (C=O) groups is 1. The fourth-order valence-electron chi connectivity index (χ4n) is 1.69. The predicted molar refractivity (Wildman–Crippen MR) is 87.6 cm³/mol. The highest BCUT2D eigenvalue weighted by Crippen LogP contribution is 2.26. The third-order valence-electron chi connectivity index (χ3n) is 2.72. The number of nitrogens with two attached hydrogens (primary N) is 1. The van der Waals surface area contributed by atoms with Crippen molar-refractivity contribution in [1.82, 2.24) is 0 Å². The zero-order valence-electron chi connectivity index (χ0n) is 11.1. The molecule has 2 aromatic rings. The van der Waals surface area contributed by atoms with Gasteiger partial charge in [-0.15, -0.1) is 0 Å². The number of anilines is 1. The number of nitrogens with one attached hydrogen (secondary N) is 1. The molecule has 0 saturated carbocycles. The minimum absolute atomic E-state index is 0.120. The second kappa shape index (κ2) is 7.33. The van der Waals surface area contributed by atoms with Crippen molar-refractivity contribution in [2.45, 2.75) is 6.54 Å². The normalized spacial score (nSPS) is 10.2. The maximum absolute atomic E-state index is 10.6. The van der Waals surface area contributed by atoms with Crippen LogP contribution in [0.1, 0.15) is 5.56 Å². The van der Waals surface area contributed by atoms with Crippen LogP contribution in [0.4, 0.5) is 5.69 Å². The van der Waals surface area contributed by atoms with E-state index in [9.17, 15) is 4.79 Å². The lowest BCUT2D eigenvalue weighted by Gasteiger charge is -2.10. The van der Waals surface area contributed by atoms with E-state index in [-0.39, 0.29) is 6.61 Å². The van der Waals surface area contributed by atoms with Crippen LogP contribution in [-0.4, -0.2) is 12.5 Å². The lowest BCUT2D eigenvalue weighted by atomic mass is 10.2. The van der Waals surface area contributed by atoms with Crippen LogP contribution >= 0.6 is 27.5 Å². The van der Waals surface area contributed by atoms with Gasteiger partial charge in [-0.1, -0.05) is 39.7 Å². The van der Waals surface area contributed by atoms with Gasteiger partial charge in [0.25, 0.3) is 5.91 Å². The Balaban J connectivity index is 1.94. The van der Waals surface area contributed by atoms with Crippen LogP contribution in [0, 0.1) is 0 Å². The van der Waals surface area contributed by atoms with Crippen LogP contribution in [0.15, 0.2) is 46.9 Å². The molecule has 0 radical (unpaired) electrons. The van der Waals surface area contributed by atoms with Crippen molar-refractivity contribution in [2.75, 3.05) is 11.9 Å². The number of amides is 1. The van der Waals surface area contributed by atoms with Crippen LogP contribution in [0.25, 0.3) is 0 Å². The fraction of sp³-hybridized carbons (Fsp3) is 0.133. The highest BCUT2D eigenvalue weighted by molar-refractivity contribution is 9.10. The lowest BCUT2D eigenvalue weighted by molar-refractivity contribution is -0.119. The third kappa shape index (κ3) is 4.95. The van der Waals surface area contributed by atoms with Gasteiger partial charge in [0.2, 0.25) is 0 Å². The van der Waals surface area contributed by atoms with Gasteiger partial charge in [0.05, 0.1) is 10.7 Å². The number of benzene rings is 2. The van der Waals surface area contributed by atoms with Crippen molar-refractivity contribution in [3.63, 3.8) is 0 Å². The minimum atomic E-state index is -0.495. The molecule has 2 rings (SSSR count). The molecular formula is C15H14BrClN2O2. The zero-order chi connectivity index (χ0) is 15.2. The van der Waals surface area contributed by atoms with Gasteiger partial charge in [-0.2, -0.15) is 0 Å². The van der Waals surface area contributed by atoms with Crippen molar-refractivity contribution in [1.29, 1.82) is 0 Å². The van der Waals surface area contributed by atoms with Crippen LogP contribution in [-0.2, 0) is 11.3 Å². The predicted octanol–water partition coefficient (Wildman–Crippen LogP) is 3.58. The molecule has 4 nitrogen and oxygen atoms in total. The summed E-state index contributed by atoms with van der Waals surface area (Å²) in [5, 5.41) is 3.93. The smallest absolute Gasteiger partial charge is 0.255 e. The second-order valence-electron chi connectivity index (χ2n) is 4.38. The standard InChI is InChI=1S/C15H14BrClN2O2/c16-11-3-6-13(17)14(7-11)19-8-10-1-4-12(5-2-10)21-9-15(18)20/h1-7,19H,8-9H2,(H2,18,20). The maximum Gasteiger partial charge on any atom is 0.255 e. The van der Waals surface area contributed by atoms with Gasteiger partial charge >= 0.3 is 0 Å². The number of hydrogen-bond acceptors (Lipinski definition) is 3. The lowest BCUT2D eigenvalue weighted by Crippen LogP contribution is -2.19. The Labute approximate surface area is 136 Å². The Morgan fingerprint density at radius 1 is 1.24 bits per heavy atom. The summed E-state index contributed by atoms with van der Waals surface area (Å²) in [5.41, 5.74) is 6.95. The number of hydrogen-bond donors (Lipinski definition) is 2. The molecular weight excluding hydrogens is 356 g/mol. The third-order valence-corrected chi connectivity index (χ3v) is 3.54. The maximum atomic E-state index is 10.6. The molecule has 2 aromatic carbocycles. The number of primary amides is 1. The van der Waals surface area contributed by atoms with Crippen molar-refractivity contribution in [3.8, 4) is 5.75 Å². The Kier molecular flexibility index (Phi) is 5.47. The van der Waals surface area contributed by atoms with Gasteiger partial charge in [-0.25, -0.2) is 0 Å². The summed E-state index contributed by atoms with van der Waals surface area (Å²) in [5.74, 6) is 0.114. The monoisotopic (exact) mass is 368 g/mol. The first-order valence-corrected chi connectivity index (χ1v) is 7.40. The van der Waals surface area contributed by atoms with Gasteiger partial charge in [-0.3, -0.25) is 4.79 Å². The molecule has 0 aliphatic rings. The van der Waals surface area contributed by atoms with Crippen molar-refractivity contribution >= 4 is 39.1 Å². The average Bonchev–Trinajstić information content (AvgIpc) is 2.47. The van der Waals surface area contributed by atoms with Crippen LogP contribution in [0.5, 0.6) is 5.75 Å². The fourth-order valence-corrected chi connectivity index (χ4v) is 2.23. The quantitative estimate of drug-likeness (QED) is 0.818. The summed E-state index contributed by atoms with van der Waals surface area (Å²) >= 11 is 9.52. The Morgan fingerprint density at radius 3 is 2.62 bits per heavy atom. The summed E-state index contributed by atoms with van der Waals surface area (Å²) < 4.78 is 6.16. The van der Waals surface area contributed by atoms with Gasteiger partial charge in [0.15, 0.2) is 6.61 Å². The molecule has 0 atom stereocenters. The Bertz CT molecular complexity index is 632. The second-order valence-corrected chi connectivity index (χ2v) is 5.70. The Morgan fingerprint density at radius 2 is 1.95 bits per heavy atom. The highest BCUT2D eigenvalue weighted by atomic mass is 79.9. The molecule has 110 valence electrons. The molecule has 21 heavy (non-hydrogen) atoms. The first-order valence-electron chi connectivity index (χ1n) is 6.23. The molecule has 0 saturated heterocycles. The van der Waals surface area contributed by atoms with Crippen molar-refractivity contribution in [3.05, 3.63) is 57.5 Å². The van der Waals surface area contributed by atoms with Gasteiger partial charge < -0.3 is 15.8 Å². The molecule has 0 aliphatic heterocycles. The molecule has 1 amide bonds. The molecule has 0 unspecified atom stereocenters. The van der Waals surface area contributed by atoms with E-state index in [0.717, 1.165) is 15.7 Å². The van der Waals surface area contributed by atoms with Gasteiger partial charge in [-0.05, 0) is 35.9 Å². The first kappa shape index (κ1) is 15.7. The van der Waals surface area contributed by atoms with Gasteiger partial charge in [0, 0.05) is 11.0 Å². The van der Waals surface area contributed by atoms with E-state index >= 15 is 0 Å². The van der Waals surface area contributed by atoms with E-state index in [0.29, 0.717) is 17.3 Å². The van der Waals surface area contributed by atoms with E-state index in [1.165, 1.54) is 0 Å². The van der Waals surface area contributed by atoms with Crippen LogP contribution in [0.3, 0.4) is 0 Å². The van der Waals surface area contributed by atoms with E-state index in [1.54, 1.807) is 12.1 Å². The minimum Gasteiger partial charge on any atom is -0.484 e. The average molecular weight is 370 g/mol. The summed E-state index contributed by atoms with van der Waals surface area (Å²) in [7, 11) is 0. The summed E-state index contributed by atoms with van der Waals surface area (Å²) in [6.45, 7) is 0.511. The van der Waals surface area contributed by atoms with Crippen molar-refractivity contribution in [2.24, 2.45) is 5.73 Å². The molecule has 0 aromatic heterocycles. The summed E-state index contributed by atoms with van der Waals surface area (Å²) in [4.78, 5) is 10.6. The topological polar surface area (TPSA) is 64.4 Å². The number of halogens is 2. The highest BCUT2D eigenvalue weighted by Gasteiger charge is 2.02. The van der Waals surface area contributed by atoms with E-state index in [2.05, 4.69) is 21.2 Å². The summed E-state index contributed by atoms with van der Waals surface area (Å²) in [6.07, 6.45) is 0. The van der Waals surface area contributed by atoms with Crippen molar-refractivity contribution < 1.29 is 9.53 Å². The molecule has 0 aliphatic carbocycles. The molecule has 0 spiro atoms. The molecule has 0 heterocycles. The molecule has 3 N–H and O–H groups in total. The zero-order valence-corrected chi connectivity index (χ0v) is 13.4. The van der Waals surface area contributed by atoms with Gasteiger partial charge in [0.1, 0.15) is 5.75 Å². The van der Waals surface area contributed by atoms with Crippen LogP contribution in [0.2, 0.25) is 5.02 Å². The number of carbonyl (C=O) groups excluding carboxylic acids is 1. The molecule has 6 heteroatoms. The number of rotatable bonds is 6. The number of ether oxygens (including phenoxy) is 1. The van der Waals surface area contributed by atoms with E-state index in [1.807, 2.05) is 30.3 Å². The van der Waals surface area contributed by atoms with E-state index in [4.69, 9.17) is 22.1 Å². The Hall–Kier alpha value is -1.72. The van der Waals surface area contributed by atoms with E-state index < -0.39 is 5.91 Å². The summed E-state index contributed by atoms with van der Waals surface area (Å²) in [6, 6.07) is 13.1. The van der Waals surface area contributed by atoms with Crippen LogP contribution < -0.4 is 15.8 Å². The SMILES string of the molecule is NC(=O)COc1ccc(CNc2cc(Br)ccc2Cl)cc1. The molecule has 0 fully saturated rings.